The molecular formula is C20H25FN6O5S. The zero-order valence-corrected chi connectivity index (χ0v) is 18.4. The Bertz CT molecular complexity index is 1180. The van der Waals surface area contributed by atoms with E-state index in [-0.39, 0.29) is 17.2 Å². The molecule has 0 fully saturated rings. The third kappa shape index (κ3) is 8.73. The van der Waals surface area contributed by atoms with Crippen LogP contribution in [-0.4, -0.2) is 43.7 Å². The number of pyridine rings is 1. The number of amides is 1. The minimum absolute atomic E-state index is 0.0764. The number of rotatable bonds is 12. The lowest BCUT2D eigenvalue weighted by atomic mass is 10.2. The van der Waals surface area contributed by atoms with Crippen LogP contribution in [0.5, 0.6) is 0 Å². The van der Waals surface area contributed by atoms with E-state index in [4.69, 9.17) is 11.5 Å². The van der Waals surface area contributed by atoms with E-state index in [1.165, 1.54) is 36.5 Å². The molecule has 13 heteroatoms. The predicted molar refractivity (Wildman–Crippen MR) is 121 cm³/mol. The molecule has 1 aromatic carbocycles. The molecule has 0 bridgehead atoms. The maximum atomic E-state index is 13.3. The first kappa shape index (κ1) is 25.5. The number of aromatic nitrogens is 1. The molecule has 0 aliphatic carbocycles. The van der Waals surface area contributed by atoms with E-state index in [0.717, 1.165) is 10.6 Å². The van der Waals surface area contributed by atoms with Gasteiger partial charge in [-0.3, -0.25) is 19.3 Å². The molecule has 0 unspecified atom stereocenters. The predicted octanol–water partition coefficient (Wildman–Crippen LogP) is -0.333. The van der Waals surface area contributed by atoms with Gasteiger partial charge in [-0.25, -0.2) is 12.8 Å². The highest BCUT2D eigenvalue weighted by atomic mass is 32.2. The van der Waals surface area contributed by atoms with Crippen LogP contribution in [0.15, 0.2) is 52.4 Å². The summed E-state index contributed by atoms with van der Waals surface area (Å²) in [5.41, 5.74) is 9.61. The number of guanidine groups is 1. The summed E-state index contributed by atoms with van der Waals surface area (Å²) in [6.45, 7) is -0.143. The molecule has 0 saturated carbocycles. The summed E-state index contributed by atoms with van der Waals surface area (Å²) in [5.74, 6) is -1.82. The number of aldehydes is 1. The summed E-state index contributed by atoms with van der Waals surface area (Å²) in [7, 11) is -4.02. The Labute approximate surface area is 189 Å². The van der Waals surface area contributed by atoms with Crippen LogP contribution < -0.4 is 27.1 Å². The van der Waals surface area contributed by atoms with E-state index in [0.29, 0.717) is 25.7 Å². The Morgan fingerprint density at radius 1 is 1.24 bits per heavy atom. The van der Waals surface area contributed by atoms with Crippen LogP contribution in [0.2, 0.25) is 0 Å². The van der Waals surface area contributed by atoms with E-state index in [1.54, 1.807) is 0 Å². The van der Waals surface area contributed by atoms with Crippen LogP contribution in [0.3, 0.4) is 0 Å². The van der Waals surface area contributed by atoms with Gasteiger partial charge in [-0.2, -0.15) is 0 Å². The molecule has 178 valence electrons. The van der Waals surface area contributed by atoms with Crippen LogP contribution in [0.1, 0.15) is 18.4 Å². The Balaban J connectivity index is 2.02. The van der Waals surface area contributed by atoms with Gasteiger partial charge in [0, 0.05) is 12.7 Å². The van der Waals surface area contributed by atoms with Gasteiger partial charge in [-0.15, -0.1) is 0 Å². The van der Waals surface area contributed by atoms with E-state index < -0.39 is 45.6 Å². The van der Waals surface area contributed by atoms with Gasteiger partial charge < -0.3 is 26.1 Å². The van der Waals surface area contributed by atoms with Crippen molar-refractivity contribution in [2.75, 3.05) is 11.3 Å². The molecule has 0 saturated heterocycles. The lowest BCUT2D eigenvalue weighted by Crippen LogP contribution is -2.40. The molecule has 0 aliphatic heterocycles. The average Bonchev–Trinajstić information content (AvgIpc) is 2.72. The molecule has 2 aromatic rings. The topological polar surface area (TPSA) is 179 Å². The third-order valence-electron chi connectivity index (χ3n) is 4.32. The summed E-state index contributed by atoms with van der Waals surface area (Å²) in [6, 6.07) is 6.92. The van der Waals surface area contributed by atoms with Crippen molar-refractivity contribution in [3.63, 3.8) is 0 Å². The van der Waals surface area contributed by atoms with Crippen molar-refractivity contribution in [2.24, 2.45) is 16.5 Å². The standard InChI is InChI=1S/C20H25FN6O5S/c21-15-5-1-4-14(10-15)13-33(31,32)26-17-7-3-9-27(19(17)30)11-18(29)25-16(12-28)6-2-8-24-20(22)23/h1,3-5,7,9-10,12,16,26H,2,6,8,11,13H2,(H,25,29)(H4,22,23,24)/t16-/m0/s1. The molecular weight excluding hydrogens is 455 g/mol. The van der Waals surface area contributed by atoms with Crippen molar-refractivity contribution in [1.29, 1.82) is 0 Å². The molecule has 1 heterocycles. The SMILES string of the molecule is NC(N)=NCCC[C@@H](C=O)NC(=O)Cn1cccc(NS(=O)(=O)Cc2cccc(F)c2)c1=O. The number of hydrogen-bond donors (Lipinski definition) is 4. The maximum absolute atomic E-state index is 13.3. The summed E-state index contributed by atoms with van der Waals surface area (Å²) in [6.07, 6.45) is 2.61. The van der Waals surface area contributed by atoms with Gasteiger partial charge in [0.2, 0.25) is 15.9 Å². The first-order valence-corrected chi connectivity index (χ1v) is 11.5. The maximum Gasteiger partial charge on any atom is 0.275 e. The Morgan fingerprint density at radius 2 is 2.00 bits per heavy atom. The summed E-state index contributed by atoms with van der Waals surface area (Å²) in [4.78, 5) is 39.9. The number of benzene rings is 1. The molecule has 1 amide bonds. The number of nitrogens with two attached hydrogens (primary N) is 2. The van der Waals surface area contributed by atoms with Crippen LogP contribution >= 0.6 is 0 Å². The molecule has 0 radical (unpaired) electrons. The van der Waals surface area contributed by atoms with Gasteiger partial charge >= 0.3 is 0 Å². The molecule has 0 spiro atoms. The van der Waals surface area contributed by atoms with Crippen LogP contribution in [0, 0.1) is 5.82 Å². The van der Waals surface area contributed by atoms with Crippen molar-refractivity contribution >= 4 is 33.9 Å². The number of sulfonamides is 1. The lowest BCUT2D eigenvalue weighted by Gasteiger charge is -2.14. The van der Waals surface area contributed by atoms with Crippen molar-refractivity contribution < 1.29 is 22.4 Å². The van der Waals surface area contributed by atoms with Gasteiger partial charge in [-0.05, 0) is 42.7 Å². The highest BCUT2D eigenvalue weighted by Gasteiger charge is 2.17. The molecule has 1 aromatic heterocycles. The van der Waals surface area contributed by atoms with E-state index in [9.17, 15) is 27.2 Å². The van der Waals surface area contributed by atoms with Crippen molar-refractivity contribution in [1.82, 2.24) is 9.88 Å². The molecule has 1 atom stereocenters. The number of aliphatic imine (C=N–C) groups is 1. The number of carbonyl (C=O) groups is 2. The Hall–Kier alpha value is -3.74. The number of anilines is 1. The second-order valence-electron chi connectivity index (χ2n) is 7.10. The number of halogens is 1. The smallest absolute Gasteiger partial charge is 0.275 e. The monoisotopic (exact) mass is 480 g/mol. The fourth-order valence-electron chi connectivity index (χ4n) is 2.89. The number of carbonyl (C=O) groups excluding carboxylic acids is 2. The number of nitrogens with zero attached hydrogens (tertiary/aromatic N) is 2. The molecule has 0 aliphatic rings. The third-order valence-corrected chi connectivity index (χ3v) is 5.57. The highest BCUT2D eigenvalue weighted by Crippen LogP contribution is 2.11. The lowest BCUT2D eigenvalue weighted by molar-refractivity contribution is -0.124. The quantitative estimate of drug-likeness (QED) is 0.139. The van der Waals surface area contributed by atoms with E-state index >= 15 is 0 Å². The second-order valence-corrected chi connectivity index (χ2v) is 8.83. The van der Waals surface area contributed by atoms with Gasteiger partial charge in [0.15, 0.2) is 5.96 Å². The van der Waals surface area contributed by atoms with Gasteiger partial charge in [0.25, 0.3) is 5.56 Å². The second kappa shape index (κ2) is 11.8. The van der Waals surface area contributed by atoms with Gasteiger partial charge in [0.05, 0.1) is 11.8 Å². The minimum atomic E-state index is -4.02. The fourth-order valence-corrected chi connectivity index (χ4v) is 4.07. The van der Waals surface area contributed by atoms with Crippen LogP contribution in [-0.2, 0) is 31.9 Å². The number of nitrogens with one attached hydrogen (secondary N) is 2. The first-order valence-electron chi connectivity index (χ1n) is 9.84. The molecule has 11 nitrogen and oxygen atoms in total. The van der Waals surface area contributed by atoms with E-state index in [1.807, 2.05) is 0 Å². The molecule has 33 heavy (non-hydrogen) atoms. The van der Waals surface area contributed by atoms with Crippen LogP contribution in [0.4, 0.5) is 10.1 Å². The zero-order valence-electron chi connectivity index (χ0n) is 17.6. The average molecular weight is 481 g/mol. The van der Waals surface area contributed by atoms with Crippen LogP contribution in [0.25, 0.3) is 0 Å². The molecule has 2 rings (SSSR count). The Kier molecular flexibility index (Phi) is 9.09. The largest absolute Gasteiger partial charge is 0.370 e. The minimum Gasteiger partial charge on any atom is -0.370 e. The van der Waals surface area contributed by atoms with Crippen molar-refractivity contribution in [2.45, 2.75) is 31.2 Å². The fraction of sp³-hybridized carbons (Fsp3) is 0.300. The van der Waals surface area contributed by atoms with Gasteiger partial charge in [0.1, 0.15) is 24.3 Å². The van der Waals surface area contributed by atoms with Crippen molar-refractivity contribution in [3.8, 4) is 0 Å². The first-order chi connectivity index (χ1) is 15.6. The summed E-state index contributed by atoms with van der Waals surface area (Å²) >= 11 is 0. The summed E-state index contributed by atoms with van der Waals surface area (Å²) in [5, 5.41) is 2.48. The zero-order chi connectivity index (χ0) is 24.4. The highest BCUT2D eigenvalue weighted by molar-refractivity contribution is 7.91. The normalized spacial score (nSPS) is 11.9. The van der Waals surface area contributed by atoms with Crippen molar-refractivity contribution in [3.05, 3.63) is 64.3 Å². The molecule has 6 N–H and O–H groups in total. The summed E-state index contributed by atoms with van der Waals surface area (Å²) < 4.78 is 41.2. The number of hydrogen-bond acceptors (Lipinski definition) is 6. The Morgan fingerprint density at radius 3 is 2.67 bits per heavy atom. The van der Waals surface area contributed by atoms with Gasteiger partial charge in [-0.1, -0.05) is 12.1 Å². The van der Waals surface area contributed by atoms with E-state index in [2.05, 4.69) is 15.0 Å².